The van der Waals surface area contributed by atoms with E-state index >= 15 is 0 Å². The van der Waals surface area contributed by atoms with E-state index in [-0.39, 0.29) is 5.97 Å². The van der Waals surface area contributed by atoms with Gasteiger partial charge in [0.05, 0.1) is 26.7 Å². The van der Waals surface area contributed by atoms with Gasteiger partial charge >= 0.3 is 5.97 Å². The Morgan fingerprint density at radius 1 is 0.939 bits per heavy atom. The Balaban J connectivity index is 2.39. The van der Waals surface area contributed by atoms with Crippen molar-refractivity contribution in [1.29, 1.82) is 0 Å². The summed E-state index contributed by atoms with van der Waals surface area (Å²) in [5.41, 5.74) is 3.22. The zero-order valence-electron chi connectivity index (χ0n) is 20.4. The average molecular weight is 451 g/mol. The highest BCUT2D eigenvalue weighted by Gasteiger charge is 2.26. The molecule has 0 spiro atoms. The van der Waals surface area contributed by atoms with Crippen LogP contribution >= 0.6 is 0 Å². The third-order valence-electron chi connectivity index (χ3n) is 5.05. The summed E-state index contributed by atoms with van der Waals surface area (Å²) < 4.78 is 22.0. The normalized spacial score (nSPS) is 12.2. The molecule has 5 heteroatoms. The van der Waals surface area contributed by atoms with Crippen LogP contribution in [0.3, 0.4) is 0 Å². The molecule has 0 aliphatic heterocycles. The monoisotopic (exact) mass is 450 g/mol. The van der Waals surface area contributed by atoms with Gasteiger partial charge in [0.2, 0.25) is 5.75 Å². The van der Waals surface area contributed by atoms with Crippen molar-refractivity contribution in [2.24, 2.45) is 5.41 Å². The highest BCUT2D eigenvalue weighted by Crippen LogP contribution is 2.38. The highest BCUT2D eigenvalue weighted by atomic mass is 16.5. The number of ether oxygens (including phenoxy) is 4. The van der Waals surface area contributed by atoms with E-state index in [0.29, 0.717) is 23.7 Å². The van der Waals surface area contributed by atoms with Gasteiger partial charge in [0.1, 0.15) is 6.10 Å². The predicted octanol–water partition coefficient (Wildman–Crippen LogP) is 6.43. The number of allylic oxidation sites excluding steroid dienone is 1. The second kappa shape index (κ2) is 11.4. The molecule has 5 nitrogen and oxygen atoms in total. The van der Waals surface area contributed by atoms with E-state index < -0.39 is 11.5 Å². The van der Waals surface area contributed by atoms with Crippen molar-refractivity contribution < 1.29 is 23.7 Å². The molecule has 0 heterocycles. The molecular weight excluding hydrogens is 416 g/mol. The standard InChI is InChI=1S/C28H34O5/c1-9-11-21-16-19(14-15-22(21)23(10-2)33-27(29)28(3,4)5)12-13-20-17-24(30-6)26(32-8)25(18-20)31-7/h9-10,12-18,23H,1-2,11H2,3-8H3/b13-12+. The number of benzene rings is 2. The molecule has 2 aromatic carbocycles. The van der Waals surface area contributed by atoms with Crippen LogP contribution in [0, 0.1) is 5.41 Å². The highest BCUT2D eigenvalue weighted by molar-refractivity contribution is 5.76. The van der Waals surface area contributed by atoms with E-state index in [9.17, 15) is 4.79 Å². The molecule has 0 N–H and O–H groups in total. The first-order valence-corrected chi connectivity index (χ1v) is 10.7. The molecule has 0 fully saturated rings. The van der Waals surface area contributed by atoms with E-state index in [4.69, 9.17) is 18.9 Å². The molecule has 33 heavy (non-hydrogen) atoms. The van der Waals surface area contributed by atoms with Crippen molar-refractivity contribution in [3.63, 3.8) is 0 Å². The first kappa shape index (κ1) is 25.8. The van der Waals surface area contributed by atoms with Crippen LogP contribution in [0.4, 0.5) is 0 Å². The Hall–Kier alpha value is -3.47. The minimum Gasteiger partial charge on any atom is -0.493 e. The van der Waals surface area contributed by atoms with Crippen LogP contribution in [0.15, 0.2) is 55.6 Å². The van der Waals surface area contributed by atoms with Gasteiger partial charge in [0.15, 0.2) is 11.5 Å². The van der Waals surface area contributed by atoms with Gasteiger partial charge < -0.3 is 18.9 Å². The minimum absolute atomic E-state index is 0.275. The molecule has 2 rings (SSSR count). The first-order valence-electron chi connectivity index (χ1n) is 10.7. The number of esters is 1. The summed E-state index contributed by atoms with van der Waals surface area (Å²) >= 11 is 0. The lowest BCUT2D eigenvalue weighted by Crippen LogP contribution is -2.24. The largest absolute Gasteiger partial charge is 0.493 e. The Bertz CT molecular complexity index is 1000. The predicted molar refractivity (Wildman–Crippen MR) is 134 cm³/mol. The van der Waals surface area contributed by atoms with Crippen LogP contribution in [0.2, 0.25) is 0 Å². The Morgan fingerprint density at radius 2 is 1.55 bits per heavy atom. The molecule has 176 valence electrons. The van der Waals surface area contributed by atoms with Crippen LogP contribution in [0.1, 0.15) is 49.1 Å². The maximum atomic E-state index is 12.4. The number of carbonyl (C=O) groups is 1. The maximum absolute atomic E-state index is 12.4. The average Bonchev–Trinajstić information content (AvgIpc) is 2.80. The summed E-state index contributed by atoms with van der Waals surface area (Å²) in [5.74, 6) is 1.46. The SMILES string of the molecule is C=CCc1cc(/C=C/c2cc(OC)c(OC)c(OC)c2)ccc1C(C=C)OC(=O)C(C)(C)C. The lowest BCUT2D eigenvalue weighted by atomic mass is 9.95. The van der Waals surface area contributed by atoms with Gasteiger partial charge in [-0.2, -0.15) is 0 Å². The molecule has 0 aromatic heterocycles. The molecule has 0 aliphatic rings. The van der Waals surface area contributed by atoms with Gasteiger partial charge in [-0.1, -0.05) is 43.0 Å². The van der Waals surface area contributed by atoms with E-state index in [2.05, 4.69) is 19.2 Å². The number of rotatable bonds is 10. The van der Waals surface area contributed by atoms with Crippen molar-refractivity contribution in [3.8, 4) is 17.2 Å². The van der Waals surface area contributed by atoms with Crippen LogP contribution in [-0.4, -0.2) is 27.3 Å². The van der Waals surface area contributed by atoms with Gasteiger partial charge in [0, 0.05) is 0 Å². The van der Waals surface area contributed by atoms with Crippen LogP contribution in [0.25, 0.3) is 12.2 Å². The zero-order chi connectivity index (χ0) is 24.6. The van der Waals surface area contributed by atoms with Crippen molar-refractivity contribution in [3.05, 3.63) is 77.9 Å². The van der Waals surface area contributed by atoms with E-state index in [1.807, 2.05) is 63.3 Å². The number of methoxy groups -OCH3 is 3. The molecule has 0 saturated carbocycles. The van der Waals surface area contributed by atoms with E-state index in [1.54, 1.807) is 27.4 Å². The van der Waals surface area contributed by atoms with Crippen LogP contribution in [-0.2, 0) is 16.0 Å². The van der Waals surface area contributed by atoms with Gasteiger partial charge in [-0.3, -0.25) is 4.79 Å². The second-order valence-corrected chi connectivity index (χ2v) is 8.55. The van der Waals surface area contributed by atoms with Crippen LogP contribution < -0.4 is 14.2 Å². The summed E-state index contributed by atoms with van der Waals surface area (Å²) in [6.07, 6.45) is 7.57. The molecule has 0 aliphatic carbocycles. The fraction of sp³-hybridized carbons (Fsp3) is 0.321. The number of carbonyl (C=O) groups excluding carboxylic acids is 1. The van der Waals surface area contributed by atoms with Crippen molar-refractivity contribution >= 4 is 18.1 Å². The van der Waals surface area contributed by atoms with Crippen molar-refractivity contribution in [1.82, 2.24) is 0 Å². The summed E-state index contributed by atoms with van der Waals surface area (Å²) in [6.45, 7) is 13.2. The zero-order valence-corrected chi connectivity index (χ0v) is 20.4. The molecule has 1 atom stereocenters. The molecule has 0 bridgehead atoms. The summed E-state index contributed by atoms with van der Waals surface area (Å²) in [5, 5.41) is 0. The smallest absolute Gasteiger partial charge is 0.312 e. The molecule has 1 unspecified atom stereocenters. The van der Waals surface area contributed by atoms with Gasteiger partial charge in [-0.05, 0) is 67.7 Å². The third kappa shape index (κ3) is 6.51. The fourth-order valence-corrected chi connectivity index (χ4v) is 3.26. The quantitative estimate of drug-likeness (QED) is 0.237. The molecule has 0 amide bonds. The van der Waals surface area contributed by atoms with Crippen molar-refractivity contribution in [2.75, 3.05) is 21.3 Å². The van der Waals surface area contributed by atoms with E-state index in [0.717, 1.165) is 22.3 Å². The third-order valence-corrected chi connectivity index (χ3v) is 5.05. The maximum Gasteiger partial charge on any atom is 0.312 e. The molecule has 0 saturated heterocycles. The van der Waals surface area contributed by atoms with E-state index in [1.165, 1.54) is 0 Å². The number of hydrogen-bond donors (Lipinski definition) is 0. The van der Waals surface area contributed by atoms with Crippen molar-refractivity contribution in [2.45, 2.75) is 33.3 Å². The van der Waals surface area contributed by atoms with Gasteiger partial charge in [-0.25, -0.2) is 0 Å². The van der Waals surface area contributed by atoms with Gasteiger partial charge in [0.25, 0.3) is 0 Å². The minimum atomic E-state index is -0.594. The first-order chi connectivity index (χ1) is 15.7. The van der Waals surface area contributed by atoms with Crippen LogP contribution in [0.5, 0.6) is 17.2 Å². The topological polar surface area (TPSA) is 54.0 Å². The summed E-state index contributed by atoms with van der Waals surface area (Å²) in [7, 11) is 4.76. The fourth-order valence-electron chi connectivity index (χ4n) is 3.26. The van der Waals surface area contributed by atoms with Gasteiger partial charge in [-0.15, -0.1) is 6.58 Å². The lowest BCUT2D eigenvalue weighted by Gasteiger charge is -2.23. The molecular formula is C28H34O5. The second-order valence-electron chi connectivity index (χ2n) is 8.55. The molecule has 0 radical (unpaired) electrons. The Labute approximate surface area is 197 Å². The molecule has 2 aromatic rings. The lowest BCUT2D eigenvalue weighted by molar-refractivity contribution is -0.156. The summed E-state index contributed by atoms with van der Waals surface area (Å²) in [6, 6.07) is 9.79. The Morgan fingerprint density at radius 3 is 2.03 bits per heavy atom. The number of hydrogen-bond acceptors (Lipinski definition) is 5. The summed E-state index contributed by atoms with van der Waals surface area (Å²) in [4.78, 5) is 12.4. The Kier molecular flexibility index (Phi) is 8.92.